The Kier molecular flexibility index (Phi) is 6.18. The van der Waals surface area contributed by atoms with Gasteiger partial charge in [-0.3, -0.25) is 9.59 Å². The van der Waals surface area contributed by atoms with Crippen molar-refractivity contribution in [2.75, 3.05) is 7.05 Å². The van der Waals surface area contributed by atoms with Crippen molar-refractivity contribution >= 4 is 11.8 Å². The molecule has 1 aromatic carbocycles. The third-order valence-corrected chi connectivity index (χ3v) is 3.03. The maximum absolute atomic E-state index is 12.1. The van der Waals surface area contributed by atoms with Crippen molar-refractivity contribution in [3.05, 3.63) is 35.9 Å². The van der Waals surface area contributed by atoms with Gasteiger partial charge in [-0.25, -0.2) is 0 Å². The minimum absolute atomic E-state index is 0.202. The van der Waals surface area contributed by atoms with E-state index in [1.54, 1.807) is 19.2 Å². The normalized spacial score (nSPS) is 13.7. The van der Waals surface area contributed by atoms with Gasteiger partial charge in [0.2, 0.25) is 11.8 Å². The number of carbonyl (C=O) groups is 2. The van der Waals surface area contributed by atoms with Crippen molar-refractivity contribution in [1.82, 2.24) is 10.6 Å². The maximum Gasteiger partial charge on any atom is 0.242 e. The van der Waals surface area contributed by atoms with Gasteiger partial charge in [-0.1, -0.05) is 44.2 Å². The van der Waals surface area contributed by atoms with Crippen molar-refractivity contribution in [2.45, 2.75) is 32.4 Å². The van der Waals surface area contributed by atoms with E-state index in [2.05, 4.69) is 10.6 Å². The third-order valence-electron chi connectivity index (χ3n) is 3.03. The van der Waals surface area contributed by atoms with Crippen LogP contribution in [0.5, 0.6) is 0 Å². The quantitative estimate of drug-likeness (QED) is 0.724. The monoisotopic (exact) mass is 277 g/mol. The smallest absolute Gasteiger partial charge is 0.242 e. The molecular weight excluding hydrogens is 254 g/mol. The highest BCUT2D eigenvalue weighted by molar-refractivity contribution is 5.90. The highest BCUT2D eigenvalue weighted by Crippen LogP contribution is 2.11. The van der Waals surface area contributed by atoms with Crippen molar-refractivity contribution < 1.29 is 9.59 Å². The Morgan fingerprint density at radius 2 is 1.75 bits per heavy atom. The van der Waals surface area contributed by atoms with E-state index < -0.39 is 12.1 Å². The molecule has 0 saturated heterocycles. The van der Waals surface area contributed by atoms with Crippen LogP contribution in [0, 0.1) is 5.92 Å². The van der Waals surface area contributed by atoms with E-state index in [0.29, 0.717) is 12.3 Å². The van der Waals surface area contributed by atoms with Crippen LogP contribution in [-0.4, -0.2) is 24.9 Å². The predicted octanol–water partition coefficient (Wildman–Crippen LogP) is 0.963. The molecule has 0 radical (unpaired) electrons. The Morgan fingerprint density at radius 1 is 1.15 bits per heavy atom. The standard InChI is InChI=1S/C15H23N3O2/c1-10(2)9-12(14(19)17-3)18-15(20)13(16)11-7-5-4-6-8-11/h4-8,10,12-13H,9,16H2,1-3H3,(H,17,19)(H,18,20). The second-order valence-corrected chi connectivity index (χ2v) is 5.19. The summed E-state index contributed by atoms with van der Waals surface area (Å²) in [7, 11) is 1.55. The van der Waals surface area contributed by atoms with Gasteiger partial charge in [0.05, 0.1) is 0 Å². The van der Waals surface area contributed by atoms with Crippen molar-refractivity contribution in [3.8, 4) is 0 Å². The fraction of sp³-hybridized carbons (Fsp3) is 0.467. The summed E-state index contributed by atoms with van der Waals surface area (Å²) >= 11 is 0. The van der Waals surface area contributed by atoms with E-state index in [1.165, 1.54) is 0 Å². The molecule has 0 aromatic heterocycles. The third kappa shape index (κ3) is 4.66. The summed E-state index contributed by atoms with van der Waals surface area (Å²) in [6, 6.07) is 7.78. The zero-order chi connectivity index (χ0) is 15.1. The molecule has 0 heterocycles. The number of amides is 2. The van der Waals surface area contributed by atoms with Gasteiger partial charge in [0.25, 0.3) is 0 Å². The highest BCUT2D eigenvalue weighted by Gasteiger charge is 2.24. The first-order valence-electron chi connectivity index (χ1n) is 6.78. The fourth-order valence-electron chi connectivity index (χ4n) is 1.95. The van der Waals surface area contributed by atoms with Crippen LogP contribution in [0.4, 0.5) is 0 Å². The molecule has 1 rings (SSSR count). The van der Waals surface area contributed by atoms with Gasteiger partial charge in [0, 0.05) is 7.05 Å². The molecule has 110 valence electrons. The minimum atomic E-state index is -0.768. The average Bonchev–Trinajstić information content (AvgIpc) is 2.45. The molecule has 5 nitrogen and oxygen atoms in total. The summed E-state index contributed by atoms with van der Waals surface area (Å²) in [5.74, 6) is -0.247. The van der Waals surface area contributed by atoms with Crippen LogP contribution in [-0.2, 0) is 9.59 Å². The van der Waals surface area contributed by atoms with Crippen molar-refractivity contribution in [1.29, 1.82) is 0 Å². The van der Waals surface area contributed by atoms with Gasteiger partial charge in [-0.15, -0.1) is 0 Å². The molecule has 0 aliphatic rings. The number of nitrogens with one attached hydrogen (secondary N) is 2. The molecular formula is C15H23N3O2. The Labute approximate surface area is 119 Å². The molecule has 0 spiro atoms. The van der Waals surface area contributed by atoms with E-state index in [1.807, 2.05) is 32.0 Å². The number of hydrogen-bond acceptors (Lipinski definition) is 3. The van der Waals surface area contributed by atoms with E-state index in [4.69, 9.17) is 5.73 Å². The van der Waals surface area contributed by atoms with E-state index in [9.17, 15) is 9.59 Å². The molecule has 0 fully saturated rings. The number of rotatable bonds is 6. The first kappa shape index (κ1) is 16.2. The molecule has 1 aromatic rings. The molecule has 0 aliphatic carbocycles. The molecule has 2 unspecified atom stereocenters. The molecule has 0 bridgehead atoms. The second-order valence-electron chi connectivity index (χ2n) is 5.19. The largest absolute Gasteiger partial charge is 0.357 e. The molecule has 0 aliphatic heterocycles. The lowest BCUT2D eigenvalue weighted by Crippen LogP contribution is -2.49. The summed E-state index contributed by atoms with van der Waals surface area (Å²) in [4.78, 5) is 23.9. The number of likely N-dealkylation sites (N-methyl/N-ethyl adjacent to an activating group) is 1. The van der Waals surface area contributed by atoms with Gasteiger partial charge in [-0.05, 0) is 17.9 Å². The minimum Gasteiger partial charge on any atom is -0.357 e. The lowest BCUT2D eigenvalue weighted by Gasteiger charge is -2.21. The summed E-state index contributed by atoms with van der Waals surface area (Å²) in [5.41, 5.74) is 6.64. The maximum atomic E-state index is 12.1. The zero-order valence-corrected chi connectivity index (χ0v) is 12.2. The number of carbonyl (C=O) groups excluding carboxylic acids is 2. The van der Waals surface area contributed by atoms with Gasteiger partial charge in [0.1, 0.15) is 12.1 Å². The van der Waals surface area contributed by atoms with Crippen molar-refractivity contribution in [3.63, 3.8) is 0 Å². The number of nitrogens with two attached hydrogens (primary N) is 1. The molecule has 2 amide bonds. The zero-order valence-electron chi connectivity index (χ0n) is 12.2. The first-order chi connectivity index (χ1) is 9.45. The Morgan fingerprint density at radius 3 is 2.25 bits per heavy atom. The highest BCUT2D eigenvalue weighted by atomic mass is 16.2. The second kappa shape index (κ2) is 7.65. The van der Waals surface area contributed by atoms with Gasteiger partial charge in [-0.2, -0.15) is 0 Å². The lowest BCUT2D eigenvalue weighted by atomic mass is 10.0. The summed E-state index contributed by atoms with van der Waals surface area (Å²) < 4.78 is 0. The molecule has 4 N–H and O–H groups in total. The van der Waals surface area contributed by atoms with E-state index in [-0.39, 0.29) is 11.8 Å². The van der Waals surface area contributed by atoms with Crippen LogP contribution < -0.4 is 16.4 Å². The first-order valence-corrected chi connectivity index (χ1v) is 6.78. The fourth-order valence-corrected chi connectivity index (χ4v) is 1.95. The SMILES string of the molecule is CNC(=O)C(CC(C)C)NC(=O)C(N)c1ccccc1. The molecule has 5 heteroatoms. The Bertz CT molecular complexity index is 446. The predicted molar refractivity (Wildman–Crippen MR) is 78.8 cm³/mol. The molecule has 2 atom stereocenters. The molecule has 0 saturated carbocycles. The topological polar surface area (TPSA) is 84.2 Å². The van der Waals surface area contributed by atoms with Crippen LogP contribution in [0.15, 0.2) is 30.3 Å². The summed E-state index contributed by atoms with van der Waals surface area (Å²) in [5, 5.41) is 5.28. The summed E-state index contributed by atoms with van der Waals surface area (Å²) in [6.45, 7) is 4.00. The van der Waals surface area contributed by atoms with Gasteiger partial charge in [0.15, 0.2) is 0 Å². The van der Waals surface area contributed by atoms with Gasteiger partial charge >= 0.3 is 0 Å². The van der Waals surface area contributed by atoms with Gasteiger partial charge < -0.3 is 16.4 Å². The Balaban J connectivity index is 2.72. The van der Waals surface area contributed by atoms with Crippen LogP contribution in [0.3, 0.4) is 0 Å². The summed E-state index contributed by atoms with van der Waals surface area (Å²) in [6.07, 6.45) is 0.576. The lowest BCUT2D eigenvalue weighted by molar-refractivity contribution is -0.129. The van der Waals surface area contributed by atoms with Crippen molar-refractivity contribution in [2.24, 2.45) is 11.7 Å². The van der Waals surface area contributed by atoms with Crippen LogP contribution in [0.1, 0.15) is 31.9 Å². The number of hydrogen-bond donors (Lipinski definition) is 3. The van der Waals surface area contributed by atoms with E-state index >= 15 is 0 Å². The molecule has 20 heavy (non-hydrogen) atoms. The van der Waals surface area contributed by atoms with Crippen LogP contribution in [0.2, 0.25) is 0 Å². The number of benzene rings is 1. The Hall–Kier alpha value is -1.88. The van der Waals surface area contributed by atoms with Crippen LogP contribution >= 0.6 is 0 Å². The van der Waals surface area contributed by atoms with Crippen LogP contribution in [0.25, 0.3) is 0 Å². The average molecular weight is 277 g/mol. The van der Waals surface area contributed by atoms with E-state index in [0.717, 1.165) is 5.56 Å².